The van der Waals surface area contributed by atoms with Gasteiger partial charge in [0.25, 0.3) is 0 Å². The van der Waals surface area contributed by atoms with Crippen LogP contribution >= 0.6 is 0 Å². The number of methoxy groups -OCH3 is 1. The first-order valence-electron chi connectivity index (χ1n) is 11.6. The summed E-state index contributed by atoms with van der Waals surface area (Å²) in [7, 11) is 3.34. The van der Waals surface area contributed by atoms with Gasteiger partial charge in [0.2, 0.25) is 17.7 Å². The van der Waals surface area contributed by atoms with E-state index in [0.29, 0.717) is 24.5 Å². The van der Waals surface area contributed by atoms with Crippen LogP contribution in [-0.2, 0) is 23.1 Å². The summed E-state index contributed by atoms with van der Waals surface area (Å²) in [5.41, 5.74) is 2.43. The largest absolute Gasteiger partial charge is 0.481 e. The smallest absolute Gasteiger partial charge is 0.247 e. The summed E-state index contributed by atoms with van der Waals surface area (Å²) < 4.78 is 7.06. The maximum Gasteiger partial charge on any atom is 0.247 e. The van der Waals surface area contributed by atoms with E-state index in [2.05, 4.69) is 21.5 Å². The zero-order valence-electron chi connectivity index (χ0n) is 19.7. The molecular weight excluding hydrogens is 444 g/mol. The molecule has 1 atom stereocenters. The zero-order chi connectivity index (χ0) is 24.6. The predicted molar refractivity (Wildman–Crippen MR) is 130 cm³/mol. The Hall–Kier alpha value is -4.19. The molecule has 5 rings (SSSR count). The molecule has 1 aliphatic heterocycles. The van der Waals surface area contributed by atoms with Gasteiger partial charge < -0.3 is 15.0 Å². The highest BCUT2D eigenvalue weighted by molar-refractivity contribution is 6.03. The van der Waals surface area contributed by atoms with Crippen molar-refractivity contribution in [3.05, 3.63) is 54.4 Å². The third kappa shape index (κ3) is 4.35. The van der Waals surface area contributed by atoms with Crippen molar-refractivity contribution in [3.63, 3.8) is 0 Å². The van der Waals surface area contributed by atoms with E-state index >= 15 is 0 Å². The van der Waals surface area contributed by atoms with E-state index in [1.807, 2.05) is 37.5 Å². The highest BCUT2D eigenvalue weighted by Crippen LogP contribution is 2.52. The second kappa shape index (κ2) is 8.87. The number of carbonyl (C=O) groups excluding carboxylic acids is 2. The average molecular weight is 471 g/mol. The fourth-order valence-corrected chi connectivity index (χ4v) is 4.75. The van der Waals surface area contributed by atoms with Crippen molar-refractivity contribution in [2.75, 3.05) is 23.9 Å². The van der Waals surface area contributed by atoms with Gasteiger partial charge in [-0.1, -0.05) is 24.3 Å². The second-order valence-electron chi connectivity index (χ2n) is 9.15. The van der Waals surface area contributed by atoms with E-state index in [1.165, 1.54) is 7.11 Å². The Morgan fingerprint density at radius 2 is 2.11 bits per heavy atom. The van der Waals surface area contributed by atoms with E-state index in [9.17, 15) is 14.9 Å². The Morgan fingerprint density at radius 3 is 2.80 bits per heavy atom. The van der Waals surface area contributed by atoms with E-state index < -0.39 is 5.41 Å². The van der Waals surface area contributed by atoms with Crippen LogP contribution in [0.5, 0.6) is 5.88 Å². The summed E-state index contributed by atoms with van der Waals surface area (Å²) >= 11 is 0. The van der Waals surface area contributed by atoms with Crippen molar-refractivity contribution in [2.45, 2.75) is 25.7 Å². The first-order valence-corrected chi connectivity index (χ1v) is 11.6. The molecule has 3 aromatic rings. The molecule has 2 aromatic heterocycles. The molecule has 1 N–H and O–H groups in total. The topological polar surface area (TPSA) is 113 Å². The summed E-state index contributed by atoms with van der Waals surface area (Å²) in [6, 6.07) is 13.4. The van der Waals surface area contributed by atoms with Crippen LogP contribution in [0.3, 0.4) is 0 Å². The van der Waals surface area contributed by atoms with Crippen LogP contribution in [0, 0.1) is 22.7 Å². The lowest BCUT2D eigenvalue weighted by atomic mass is 9.83. The van der Waals surface area contributed by atoms with Crippen LogP contribution in [-0.4, -0.2) is 40.2 Å². The molecule has 1 saturated carbocycles. The molecule has 0 radical (unpaired) electrons. The highest BCUT2D eigenvalue weighted by atomic mass is 16.5. The fourth-order valence-electron chi connectivity index (χ4n) is 4.75. The zero-order valence-corrected chi connectivity index (χ0v) is 19.7. The number of benzene rings is 1. The number of rotatable bonds is 7. The second-order valence-corrected chi connectivity index (χ2v) is 9.15. The Balaban J connectivity index is 1.33. The van der Waals surface area contributed by atoms with Gasteiger partial charge in [0.05, 0.1) is 31.5 Å². The molecule has 2 aliphatic rings. The van der Waals surface area contributed by atoms with Gasteiger partial charge in [-0.3, -0.25) is 14.3 Å². The first kappa shape index (κ1) is 22.6. The molecule has 9 nitrogen and oxygen atoms in total. The van der Waals surface area contributed by atoms with Crippen molar-refractivity contribution >= 4 is 23.3 Å². The Labute approximate surface area is 203 Å². The summed E-state index contributed by atoms with van der Waals surface area (Å²) in [5, 5.41) is 16.8. The molecule has 1 aliphatic carbocycles. The van der Waals surface area contributed by atoms with Crippen molar-refractivity contribution in [3.8, 4) is 23.1 Å². The van der Waals surface area contributed by atoms with Gasteiger partial charge >= 0.3 is 0 Å². The molecule has 2 fully saturated rings. The molecule has 1 saturated heterocycles. The molecule has 2 amide bonds. The quantitative estimate of drug-likeness (QED) is 0.567. The van der Waals surface area contributed by atoms with E-state index in [0.717, 1.165) is 29.5 Å². The molecule has 0 spiro atoms. The molecule has 35 heavy (non-hydrogen) atoms. The number of ether oxygens (including phenoxy) is 1. The minimum absolute atomic E-state index is 0.135. The van der Waals surface area contributed by atoms with Crippen molar-refractivity contribution < 1.29 is 14.3 Å². The minimum Gasteiger partial charge on any atom is -0.481 e. The number of aryl methyl sites for hydroxylation is 1. The SMILES string of the molecule is COc1cc(N2CC[C@@](C#N)(C3CC3)C2=O)cc(NC(=O)Cc2cccc(-c3cnn(C)c3)c2)n1. The van der Waals surface area contributed by atoms with Crippen LogP contribution in [0.15, 0.2) is 48.8 Å². The van der Waals surface area contributed by atoms with E-state index in [-0.39, 0.29) is 30.0 Å². The maximum atomic E-state index is 13.2. The van der Waals surface area contributed by atoms with Crippen LogP contribution in [0.2, 0.25) is 0 Å². The van der Waals surface area contributed by atoms with Crippen LogP contribution in [0.25, 0.3) is 11.1 Å². The monoisotopic (exact) mass is 470 g/mol. The van der Waals surface area contributed by atoms with Crippen molar-refractivity contribution in [1.29, 1.82) is 5.26 Å². The van der Waals surface area contributed by atoms with Crippen molar-refractivity contribution in [1.82, 2.24) is 14.8 Å². The molecule has 0 unspecified atom stereocenters. The lowest BCUT2D eigenvalue weighted by molar-refractivity contribution is -0.123. The number of nitrogens with one attached hydrogen (secondary N) is 1. The Kier molecular flexibility index (Phi) is 5.73. The van der Waals surface area contributed by atoms with Crippen LogP contribution in [0.4, 0.5) is 11.5 Å². The standard InChI is InChI=1S/C26H26N6O3/c1-31-15-19(14-28-31)18-5-3-4-17(10-18)11-23(33)29-22-12-21(13-24(30-22)35-2)32-9-8-26(16-27,25(32)34)20-6-7-20/h3-5,10,12-15,20H,6-9,11H2,1-2H3,(H,29,30,33)/t26-/m1/s1. The highest BCUT2D eigenvalue weighted by Gasteiger charge is 2.56. The van der Waals surface area contributed by atoms with E-state index in [1.54, 1.807) is 27.9 Å². The minimum atomic E-state index is -0.945. The van der Waals surface area contributed by atoms with Crippen LogP contribution in [0.1, 0.15) is 24.8 Å². The molecule has 0 bridgehead atoms. The third-order valence-electron chi connectivity index (χ3n) is 6.74. The Morgan fingerprint density at radius 1 is 1.29 bits per heavy atom. The van der Waals surface area contributed by atoms with Gasteiger partial charge in [-0.2, -0.15) is 15.3 Å². The molecule has 178 valence electrons. The maximum absolute atomic E-state index is 13.2. The fraction of sp³-hybridized carbons (Fsp3) is 0.346. The summed E-state index contributed by atoms with van der Waals surface area (Å²) in [4.78, 5) is 32.0. The first-order chi connectivity index (χ1) is 16.9. The molecule has 1 aromatic carbocycles. The number of pyridine rings is 1. The summed E-state index contributed by atoms with van der Waals surface area (Å²) in [6.45, 7) is 0.449. The van der Waals surface area contributed by atoms with E-state index in [4.69, 9.17) is 4.74 Å². The third-order valence-corrected chi connectivity index (χ3v) is 6.74. The molecular formula is C26H26N6O3. The van der Waals surface area contributed by atoms with Crippen molar-refractivity contribution in [2.24, 2.45) is 18.4 Å². The number of carbonyl (C=O) groups is 2. The average Bonchev–Trinajstić information content (AvgIpc) is 3.53. The van der Waals surface area contributed by atoms with Gasteiger partial charge in [0.15, 0.2) is 0 Å². The number of nitriles is 1. The predicted octanol–water partition coefficient (Wildman–Crippen LogP) is 3.33. The van der Waals surface area contributed by atoms with Crippen LogP contribution < -0.4 is 15.0 Å². The number of anilines is 2. The molecule has 3 heterocycles. The summed E-state index contributed by atoms with van der Waals surface area (Å²) in [6.07, 6.45) is 6.19. The normalized spacial score (nSPS) is 19.5. The number of hydrogen-bond donors (Lipinski definition) is 1. The Bertz CT molecular complexity index is 1340. The number of hydrogen-bond acceptors (Lipinski definition) is 6. The van der Waals surface area contributed by atoms with Gasteiger partial charge in [0.1, 0.15) is 11.2 Å². The molecule has 9 heteroatoms. The lowest BCUT2D eigenvalue weighted by Crippen LogP contribution is -2.35. The number of aromatic nitrogens is 3. The lowest BCUT2D eigenvalue weighted by Gasteiger charge is -2.21. The number of amides is 2. The van der Waals surface area contributed by atoms with Gasteiger partial charge in [-0.25, -0.2) is 0 Å². The van der Waals surface area contributed by atoms with Gasteiger partial charge in [0, 0.05) is 37.5 Å². The summed E-state index contributed by atoms with van der Waals surface area (Å²) in [5.74, 6) is 0.291. The van der Waals surface area contributed by atoms with Gasteiger partial charge in [-0.05, 0) is 36.3 Å². The number of nitrogens with zero attached hydrogens (tertiary/aromatic N) is 5. The van der Waals surface area contributed by atoms with Gasteiger partial charge in [-0.15, -0.1) is 0 Å².